The van der Waals surface area contributed by atoms with Crippen LogP contribution in [0, 0.1) is 17.2 Å². The van der Waals surface area contributed by atoms with Gasteiger partial charge in [-0.1, -0.05) is 24.9 Å². The van der Waals surface area contributed by atoms with Crippen LogP contribution < -0.4 is 10.9 Å². The average Bonchev–Trinajstić information content (AvgIpc) is 3.34. The Morgan fingerprint density at radius 3 is 2.69 bits per heavy atom. The van der Waals surface area contributed by atoms with Crippen molar-refractivity contribution in [2.24, 2.45) is 5.92 Å². The highest BCUT2D eigenvalue weighted by atomic mass is 35.5. The molecule has 1 amide bonds. The minimum Gasteiger partial charge on any atom is -0.323 e. The van der Waals surface area contributed by atoms with Gasteiger partial charge in [-0.3, -0.25) is 14.6 Å². The number of carbonyl (C=O) groups is 1. The molecule has 0 radical (unpaired) electrons. The third-order valence-electron chi connectivity index (χ3n) is 6.89. The molecule has 1 aliphatic heterocycles. The van der Waals surface area contributed by atoms with Gasteiger partial charge >= 0.3 is 6.55 Å². The fourth-order valence-corrected chi connectivity index (χ4v) is 5.04. The summed E-state index contributed by atoms with van der Waals surface area (Å²) < 4.78 is 29.8. The molecular formula is C28H23ClF2N6O2. The number of hydrogen-bond donors (Lipinski definition) is 1. The fraction of sp³-hybridized carbons (Fsp3) is 0.250. The number of carbonyl (C=O) groups excluding carboxylic acids is 1. The van der Waals surface area contributed by atoms with Gasteiger partial charge in [0.1, 0.15) is 0 Å². The van der Waals surface area contributed by atoms with Crippen molar-refractivity contribution in [3.05, 3.63) is 87.7 Å². The van der Waals surface area contributed by atoms with Crippen LogP contribution in [0.1, 0.15) is 50.0 Å². The lowest BCUT2D eigenvalue weighted by Crippen LogP contribution is -2.26. The fourth-order valence-electron chi connectivity index (χ4n) is 4.87. The van der Waals surface area contributed by atoms with E-state index >= 15 is 0 Å². The third kappa shape index (κ3) is 5.18. The van der Waals surface area contributed by atoms with Gasteiger partial charge in [0.2, 0.25) is 5.91 Å². The van der Waals surface area contributed by atoms with Crippen molar-refractivity contribution in [1.82, 2.24) is 19.3 Å². The number of anilines is 1. The summed E-state index contributed by atoms with van der Waals surface area (Å²) in [6, 6.07) is 12.8. The molecule has 0 saturated carbocycles. The van der Waals surface area contributed by atoms with E-state index in [4.69, 9.17) is 11.6 Å². The Morgan fingerprint density at radius 2 is 1.95 bits per heavy atom. The highest BCUT2D eigenvalue weighted by molar-refractivity contribution is 6.30. The van der Waals surface area contributed by atoms with Crippen LogP contribution in [-0.2, 0) is 4.79 Å². The van der Waals surface area contributed by atoms with Crippen molar-refractivity contribution in [3.8, 4) is 28.5 Å². The highest BCUT2D eigenvalue weighted by Crippen LogP contribution is 2.35. The first-order valence-corrected chi connectivity index (χ1v) is 12.7. The molecule has 11 heteroatoms. The molecule has 198 valence electrons. The topological polar surface area (TPSA) is 106 Å². The van der Waals surface area contributed by atoms with Crippen molar-refractivity contribution in [2.75, 3.05) is 5.32 Å². The van der Waals surface area contributed by atoms with Crippen molar-refractivity contribution in [1.29, 1.82) is 5.26 Å². The third-order valence-corrected chi connectivity index (χ3v) is 7.13. The molecule has 0 unspecified atom stereocenters. The SMILES string of the molecule is C[C@@H]1CCC[C@H](n2ccc(-c3cc(Cl)ccc3C#N)cc2=O)c2cc(ccn2)-c2c(cnn2C(F)F)NC1=O. The number of nitrogens with zero attached hydrogens (tertiary/aromatic N) is 5. The van der Waals surface area contributed by atoms with Gasteiger partial charge in [-0.2, -0.15) is 19.1 Å². The van der Waals surface area contributed by atoms with Crippen LogP contribution in [0.15, 0.2) is 65.8 Å². The monoisotopic (exact) mass is 548 g/mol. The molecule has 1 aliphatic rings. The van der Waals surface area contributed by atoms with Crippen LogP contribution >= 0.6 is 11.6 Å². The number of amides is 1. The Morgan fingerprint density at radius 1 is 1.13 bits per heavy atom. The predicted octanol–water partition coefficient (Wildman–Crippen LogP) is 6.04. The summed E-state index contributed by atoms with van der Waals surface area (Å²) in [6.07, 6.45) is 5.94. The number of pyridine rings is 2. The summed E-state index contributed by atoms with van der Waals surface area (Å²) in [5, 5.41) is 16.5. The molecule has 8 nitrogen and oxygen atoms in total. The maximum Gasteiger partial charge on any atom is 0.333 e. The zero-order chi connectivity index (χ0) is 27.7. The number of hydrogen-bond acceptors (Lipinski definition) is 5. The number of fused-ring (bicyclic) bond motifs is 4. The lowest BCUT2D eigenvalue weighted by atomic mass is 9.96. The Bertz CT molecular complexity index is 1660. The first kappa shape index (κ1) is 26.3. The number of aromatic nitrogens is 4. The van der Waals surface area contributed by atoms with Crippen molar-refractivity contribution >= 4 is 23.2 Å². The van der Waals surface area contributed by atoms with Gasteiger partial charge in [-0.15, -0.1) is 0 Å². The Hall–Kier alpha value is -4.36. The van der Waals surface area contributed by atoms with Crippen molar-refractivity contribution < 1.29 is 13.6 Å². The zero-order valence-corrected chi connectivity index (χ0v) is 21.6. The number of benzene rings is 1. The molecule has 1 aromatic carbocycles. The first-order valence-electron chi connectivity index (χ1n) is 12.3. The van der Waals surface area contributed by atoms with Crippen LogP contribution in [-0.4, -0.2) is 25.2 Å². The van der Waals surface area contributed by atoms with E-state index in [-0.39, 0.29) is 22.8 Å². The molecule has 0 fully saturated rings. The second-order valence-electron chi connectivity index (χ2n) is 9.40. The quantitative estimate of drug-likeness (QED) is 0.336. The second-order valence-corrected chi connectivity index (χ2v) is 9.83. The van der Waals surface area contributed by atoms with Crippen LogP contribution in [0.3, 0.4) is 0 Å². The predicted molar refractivity (Wildman–Crippen MR) is 142 cm³/mol. The molecule has 0 aliphatic carbocycles. The molecule has 1 N–H and O–H groups in total. The first-order chi connectivity index (χ1) is 18.8. The van der Waals surface area contributed by atoms with E-state index in [9.17, 15) is 23.6 Å². The molecule has 3 aromatic heterocycles. The van der Waals surface area contributed by atoms with E-state index < -0.39 is 18.5 Å². The highest BCUT2D eigenvalue weighted by Gasteiger charge is 2.26. The molecule has 0 saturated heterocycles. The summed E-state index contributed by atoms with van der Waals surface area (Å²) in [7, 11) is 0. The number of nitriles is 1. The van der Waals surface area contributed by atoms with Gasteiger partial charge in [-0.25, -0.2) is 4.68 Å². The van der Waals surface area contributed by atoms with E-state index in [1.54, 1.807) is 49.5 Å². The van der Waals surface area contributed by atoms with E-state index in [0.717, 1.165) is 0 Å². The van der Waals surface area contributed by atoms with Crippen molar-refractivity contribution in [3.63, 3.8) is 0 Å². The van der Waals surface area contributed by atoms with E-state index in [2.05, 4.69) is 21.5 Å². The van der Waals surface area contributed by atoms with Crippen LogP contribution in [0.5, 0.6) is 0 Å². The van der Waals surface area contributed by atoms with Crippen LogP contribution in [0.4, 0.5) is 14.5 Å². The second kappa shape index (κ2) is 10.8. The van der Waals surface area contributed by atoms with Crippen LogP contribution in [0.2, 0.25) is 5.02 Å². The van der Waals surface area contributed by atoms with E-state index in [1.807, 2.05) is 0 Å². The average molecular weight is 549 g/mol. The van der Waals surface area contributed by atoms with E-state index in [0.29, 0.717) is 56.9 Å². The number of nitrogens with one attached hydrogen (secondary N) is 1. The van der Waals surface area contributed by atoms with Crippen LogP contribution in [0.25, 0.3) is 22.4 Å². The largest absolute Gasteiger partial charge is 0.333 e. The Labute approximate surface area is 227 Å². The molecular weight excluding hydrogens is 526 g/mol. The van der Waals surface area contributed by atoms with Gasteiger partial charge in [0.25, 0.3) is 5.56 Å². The maximum absolute atomic E-state index is 13.8. The molecule has 39 heavy (non-hydrogen) atoms. The number of alkyl halides is 2. The minimum absolute atomic E-state index is 0.0567. The maximum atomic E-state index is 13.8. The molecule has 4 aromatic rings. The standard InChI is InChI=1S/C28H23ClF2N6O2/c1-16-3-2-4-24(36-10-8-17(12-25(36)38)21-13-20(29)6-5-19(21)14-32)22-11-18(7-9-33-22)26-23(35-27(16)39)15-34-37(26)28(30)31/h5-13,15-16,24,28H,2-4H2,1H3,(H,35,39)/t16-,24+/m1/s1. The van der Waals surface area contributed by atoms with Gasteiger partial charge < -0.3 is 9.88 Å². The molecule has 4 heterocycles. The summed E-state index contributed by atoms with van der Waals surface area (Å²) >= 11 is 6.14. The smallest absolute Gasteiger partial charge is 0.323 e. The molecule has 2 atom stereocenters. The molecule has 0 spiro atoms. The van der Waals surface area contributed by atoms with Crippen molar-refractivity contribution in [2.45, 2.75) is 38.8 Å². The molecule has 5 rings (SSSR count). The zero-order valence-electron chi connectivity index (χ0n) is 20.8. The lowest BCUT2D eigenvalue weighted by molar-refractivity contribution is -0.119. The van der Waals surface area contributed by atoms with Gasteiger partial charge in [0.05, 0.1) is 40.9 Å². The number of rotatable bonds is 3. The van der Waals surface area contributed by atoms with Gasteiger partial charge in [0, 0.05) is 40.5 Å². The minimum atomic E-state index is -2.93. The summed E-state index contributed by atoms with van der Waals surface area (Å²) in [6.45, 7) is -1.16. The van der Waals surface area contributed by atoms with E-state index in [1.165, 1.54) is 23.0 Å². The number of halogens is 3. The summed E-state index contributed by atoms with van der Waals surface area (Å²) in [5.41, 5.74) is 2.27. The Kier molecular flexibility index (Phi) is 7.26. The Balaban J connectivity index is 1.63. The van der Waals surface area contributed by atoms with Gasteiger partial charge in [-0.05, 0) is 54.8 Å². The normalized spacial score (nSPS) is 17.5. The molecule has 2 bridgehead atoms. The summed E-state index contributed by atoms with van der Waals surface area (Å²) in [4.78, 5) is 30.7. The summed E-state index contributed by atoms with van der Waals surface area (Å²) in [5.74, 6) is -0.696. The lowest BCUT2D eigenvalue weighted by Gasteiger charge is -2.22. The van der Waals surface area contributed by atoms with Gasteiger partial charge in [0.15, 0.2) is 0 Å².